The smallest absolute Gasteiger partial charge is 0.341 e. The first-order valence-corrected chi connectivity index (χ1v) is 9.62. The Labute approximate surface area is 171 Å². The van der Waals surface area contributed by atoms with Crippen molar-refractivity contribution in [2.24, 2.45) is 0 Å². The Morgan fingerprint density at radius 1 is 1.00 bits per heavy atom. The molecule has 148 valence electrons. The van der Waals surface area contributed by atoms with Gasteiger partial charge in [0.05, 0.1) is 23.8 Å². The highest BCUT2D eigenvalue weighted by Gasteiger charge is 2.25. The summed E-state index contributed by atoms with van der Waals surface area (Å²) in [6.07, 6.45) is 0.600. The van der Waals surface area contributed by atoms with Gasteiger partial charge in [-0.05, 0) is 30.2 Å². The number of carboxylic acid groups (broad SMARTS) is 1. The normalized spacial score (nSPS) is 10.4. The number of rotatable bonds is 6. The molecule has 3 aromatic rings. The number of aromatic carboxylic acids is 1. The quantitative estimate of drug-likeness (QED) is 0.589. The maximum Gasteiger partial charge on any atom is 0.341 e. The second kappa shape index (κ2) is 8.70. The molecule has 1 aromatic heterocycles. The van der Waals surface area contributed by atoms with E-state index in [9.17, 15) is 19.5 Å². The van der Waals surface area contributed by atoms with Crippen LogP contribution in [0.3, 0.4) is 0 Å². The molecule has 0 unspecified atom stereocenters. The van der Waals surface area contributed by atoms with Gasteiger partial charge in [-0.25, -0.2) is 9.59 Å². The minimum absolute atomic E-state index is 0.0199. The lowest BCUT2D eigenvalue weighted by atomic mass is 10.1. The predicted molar refractivity (Wildman–Crippen MR) is 111 cm³/mol. The number of ether oxygens (including phenoxy) is 1. The van der Waals surface area contributed by atoms with Gasteiger partial charge in [0.2, 0.25) is 0 Å². The molecular weight excluding hydrogens is 390 g/mol. The van der Waals surface area contributed by atoms with Crippen molar-refractivity contribution < 1.29 is 24.2 Å². The van der Waals surface area contributed by atoms with Crippen molar-refractivity contribution in [2.75, 3.05) is 12.4 Å². The van der Waals surface area contributed by atoms with Crippen molar-refractivity contribution in [3.8, 4) is 0 Å². The van der Waals surface area contributed by atoms with Crippen LogP contribution in [0.15, 0.2) is 54.6 Å². The second-order valence-corrected chi connectivity index (χ2v) is 7.42. The first-order valence-electron chi connectivity index (χ1n) is 8.80. The van der Waals surface area contributed by atoms with Crippen molar-refractivity contribution in [1.82, 2.24) is 0 Å². The molecule has 0 fully saturated rings. The largest absolute Gasteiger partial charge is 0.478 e. The van der Waals surface area contributed by atoms with Crippen LogP contribution in [-0.4, -0.2) is 30.1 Å². The van der Waals surface area contributed by atoms with Gasteiger partial charge in [0.25, 0.3) is 5.91 Å². The molecule has 1 amide bonds. The fraction of sp³-hybridized carbons (Fsp3) is 0.136. The predicted octanol–water partition coefficient (Wildman–Crippen LogP) is 4.38. The molecule has 0 radical (unpaired) electrons. The number of hydrogen-bond donors (Lipinski definition) is 2. The van der Waals surface area contributed by atoms with Crippen LogP contribution in [0.1, 0.15) is 47.1 Å². The summed E-state index contributed by atoms with van der Waals surface area (Å²) in [5, 5.41) is 12.4. The zero-order valence-corrected chi connectivity index (χ0v) is 16.7. The number of carbonyl (C=O) groups excluding carboxylic acids is 2. The summed E-state index contributed by atoms with van der Waals surface area (Å²) in [5.74, 6) is -2.35. The number of anilines is 1. The van der Waals surface area contributed by atoms with Crippen molar-refractivity contribution in [3.05, 3.63) is 87.3 Å². The summed E-state index contributed by atoms with van der Waals surface area (Å²) in [4.78, 5) is 37.4. The van der Waals surface area contributed by atoms with Gasteiger partial charge in [-0.2, -0.15) is 0 Å². The number of amides is 1. The molecule has 0 spiro atoms. The maximum absolute atomic E-state index is 12.8. The highest BCUT2D eigenvalue weighted by atomic mass is 32.1. The number of hydrogen-bond acceptors (Lipinski definition) is 5. The molecule has 0 aliphatic rings. The second-order valence-electron chi connectivity index (χ2n) is 6.31. The number of benzene rings is 2. The van der Waals surface area contributed by atoms with Gasteiger partial charge < -0.3 is 15.2 Å². The summed E-state index contributed by atoms with van der Waals surface area (Å²) in [6, 6.07) is 15.7. The monoisotopic (exact) mass is 409 g/mol. The van der Waals surface area contributed by atoms with Gasteiger partial charge in [0.15, 0.2) is 0 Å². The Morgan fingerprint density at radius 2 is 1.62 bits per heavy atom. The van der Waals surface area contributed by atoms with E-state index in [2.05, 4.69) is 5.32 Å². The molecule has 0 aliphatic heterocycles. The maximum atomic E-state index is 12.8. The van der Waals surface area contributed by atoms with Crippen LogP contribution >= 0.6 is 11.3 Å². The summed E-state index contributed by atoms with van der Waals surface area (Å²) >= 11 is 1.28. The van der Waals surface area contributed by atoms with E-state index in [-0.39, 0.29) is 16.7 Å². The molecule has 2 aromatic carbocycles. The van der Waals surface area contributed by atoms with Crippen LogP contribution < -0.4 is 5.32 Å². The zero-order valence-electron chi connectivity index (χ0n) is 15.9. The molecule has 3 rings (SSSR count). The van der Waals surface area contributed by atoms with E-state index in [1.54, 1.807) is 12.1 Å². The summed E-state index contributed by atoms with van der Waals surface area (Å²) in [7, 11) is 1.28. The van der Waals surface area contributed by atoms with Crippen LogP contribution in [0.25, 0.3) is 0 Å². The number of carboxylic acids is 1. The topological polar surface area (TPSA) is 92.7 Å². The van der Waals surface area contributed by atoms with Gasteiger partial charge in [0, 0.05) is 11.3 Å². The van der Waals surface area contributed by atoms with Crippen molar-refractivity contribution in [1.29, 1.82) is 0 Å². The SMILES string of the molecule is COC(=O)c1c(NC(=O)c2ccccc2C(=O)O)sc(Cc2ccccc2)c1C. The molecule has 0 aliphatic carbocycles. The van der Waals surface area contributed by atoms with Crippen LogP contribution in [0.2, 0.25) is 0 Å². The van der Waals surface area contributed by atoms with Gasteiger partial charge >= 0.3 is 11.9 Å². The van der Waals surface area contributed by atoms with E-state index in [1.807, 2.05) is 37.3 Å². The molecule has 0 bridgehead atoms. The van der Waals surface area contributed by atoms with Gasteiger partial charge in [0.1, 0.15) is 5.00 Å². The van der Waals surface area contributed by atoms with E-state index < -0.39 is 17.8 Å². The summed E-state index contributed by atoms with van der Waals surface area (Å²) in [6.45, 7) is 1.81. The van der Waals surface area contributed by atoms with E-state index in [0.717, 1.165) is 16.0 Å². The first kappa shape index (κ1) is 20.3. The van der Waals surface area contributed by atoms with Gasteiger partial charge in [-0.3, -0.25) is 4.79 Å². The average molecular weight is 409 g/mol. The lowest BCUT2D eigenvalue weighted by molar-refractivity contribution is 0.0600. The lowest BCUT2D eigenvalue weighted by Gasteiger charge is -2.08. The molecule has 0 atom stereocenters. The summed E-state index contributed by atoms with van der Waals surface area (Å²) < 4.78 is 4.89. The lowest BCUT2D eigenvalue weighted by Crippen LogP contribution is -2.17. The fourth-order valence-corrected chi connectivity index (χ4v) is 4.21. The Kier molecular flexibility index (Phi) is 6.09. The molecule has 6 nitrogen and oxygen atoms in total. The minimum Gasteiger partial charge on any atom is -0.478 e. The standard InChI is InChI=1S/C22H19NO5S/c1-13-17(12-14-8-4-3-5-9-14)29-20(18(13)22(27)28-2)23-19(24)15-10-6-7-11-16(15)21(25)26/h3-11H,12H2,1-2H3,(H,23,24)(H,25,26). The van der Waals surface area contributed by atoms with Gasteiger partial charge in [-0.1, -0.05) is 42.5 Å². The van der Waals surface area contributed by atoms with E-state index in [4.69, 9.17) is 4.74 Å². The number of methoxy groups -OCH3 is 1. The average Bonchev–Trinajstić information content (AvgIpc) is 3.02. The van der Waals surface area contributed by atoms with Crippen LogP contribution in [-0.2, 0) is 11.2 Å². The van der Waals surface area contributed by atoms with Crippen molar-refractivity contribution in [2.45, 2.75) is 13.3 Å². The van der Waals surface area contributed by atoms with Crippen molar-refractivity contribution >= 4 is 34.2 Å². The number of esters is 1. The van der Waals surface area contributed by atoms with Crippen LogP contribution in [0.5, 0.6) is 0 Å². The highest BCUT2D eigenvalue weighted by Crippen LogP contribution is 2.35. The van der Waals surface area contributed by atoms with E-state index in [1.165, 1.54) is 30.6 Å². The molecule has 0 saturated carbocycles. The van der Waals surface area contributed by atoms with Gasteiger partial charge in [-0.15, -0.1) is 11.3 Å². The Morgan fingerprint density at radius 3 is 2.24 bits per heavy atom. The van der Waals surface area contributed by atoms with E-state index >= 15 is 0 Å². The molecule has 29 heavy (non-hydrogen) atoms. The molecule has 7 heteroatoms. The molecule has 2 N–H and O–H groups in total. The molecule has 1 heterocycles. The fourth-order valence-electron chi connectivity index (χ4n) is 2.98. The Balaban J connectivity index is 1.98. The third-order valence-electron chi connectivity index (χ3n) is 4.47. The highest BCUT2D eigenvalue weighted by molar-refractivity contribution is 7.17. The van der Waals surface area contributed by atoms with Crippen LogP contribution in [0.4, 0.5) is 5.00 Å². The minimum atomic E-state index is -1.20. The zero-order chi connectivity index (χ0) is 21.0. The number of carbonyl (C=O) groups is 3. The molecular formula is C22H19NO5S. The first-order chi connectivity index (χ1) is 13.9. The van der Waals surface area contributed by atoms with Crippen LogP contribution in [0, 0.1) is 6.92 Å². The Bertz CT molecular complexity index is 1070. The Hall–Kier alpha value is -3.45. The number of thiophene rings is 1. The van der Waals surface area contributed by atoms with Crippen molar-refractivity contribution in [3.63, 3.8) is 0 Å². The number of nitrogens with one attached hydrogen (secondary N) is 1. The third kappa shape index (κ3) is 4.35. The third-order valence-corrected chi connectivity index (χ3v) is 5.68. The summed E-state index contributed by atoms with van der Waals surface area (Å²) in [5.41, 5.74) is 1.99. The van der Waals surface area contributed by atoms with E-state index in [0.29, 0.717) is 11.4 Å². The molecule has 0 saturated heterocycles.